The van der Waals surface area contributed by atoms with E-state index < -0.39 is 15.4 Å². The number of hydrogen-bond acceptors (Lipinski definition) is 7. The number of pyridine rings is 1. The SMILES string of the molecule is CC[C@@](C)(C[C@H]1C[C@@H](C)[C@H](C)N1c1ncccn1)Oc1ccn(-c2ccc(S(C)(=O)=O)cc2)c(=O)c1.[HH]. The zero-order chi connectivity index (χ0) is 26.1. The van der Waals surface area contributed by atoms with Crippen molar-refractivity contribution in [1.82, 2.24) is 14.5 Å². The van der Waals surface area contributed by atoms with Crippen molar-refractivity contribution in [2.24, 2.45) is 5.92 Å². The highest BCUT2D eigenvalue weighted by molar-refractivity contribution is 7.90. The third-order valence-corrected chi connectivity index (χ3v) is 8.42. The van der Waals surface area contributed by atoms with Crippen molar-refractivity contribution in [2.45, 2.75) is 69.5 Å². The van der Waals surface area contributed by atoms with E-state index >= 15 is 0 Å². The lowest BCUT2D eigenvalue weighted by Gasteiger charge is -2.36. The molecule has 0 N–H and O–H groups in total. The van der Waals surface area contributed by atoms with Gasteiger partial charge in [0.25, 0.3) is 5.56 Å². The highest BCUT2D eigenvalue weighted by atomic mass is 32.2. The summed E-state index contributed by atoms with van der Waals surface area (Å²) in [5.41, 5.74) is -0.151. The molecule has 1 aliphatic heterocycles. The molecular weight excluding hydrogens is 476 g/mol. The van der Waals surface area contributed by atoms with Gasteiger partial charge in [-0.25, -0.2) is 18.4 Å². The summed E-state index contributed by atoms with van der Waals surface area (Å²) in [6, 6.07) is 11.9. The van der Waals surface area contributed by atoms with Gasteiger partial charge in [0.1, 0.15) is 11.4 Å². The predicted molar refractivity (Wildman–Crippen MR) is 143 cm³/mol. The van der Waals surface area contributed by atoms with Gasteiger partial charge in [-0.2, -0.15) is 0 Å². The summed E-state index contributed by atoms with van der Waals surface area (Å²) in [7, 11) is -3.30. The predicted octanol–water partition coefficient (Wildman–Crippen LogP) is 4.52. The molecule has 8 nitrogen and oxygen atoms in total. The van der Waals surface area contributed by atoms with Crippen LogP contribution in [0.2, 0.25) is 0 Å². The number of ether oxygens (including phenoxy) is 1. The topological polar surface area (TPSA) is 94.4 Å². The number of aromatic nitrogens is 3. The van der Waals surface area contributed by atoms with Crippen molar-refractivity contribution in [3.63, 3.8) is 0 Å². The quantitative estimate of drug-likeness (QED) is 0.438. The first-order valence-electron chi connectivity index (χ1n) is 12.3. The second kappa shape index (κ2) is 10.0. The van der Waals surface area contributed by atoms with Gasteiger partial charge in [0.05, 0.1) is 4.90 Å². The molecule has 9 heteroatoms. The van der Waals surface area contributed by atoms with E-state index in [1.54, 1.807) is 36.8 Å². The minimum Gasteiger partial charge on any atom is -0.487 e. The van der Waals surface area contributed by atoms with Gasteiger partial charge in [0, 0.05) is 56.5 Å². The number of hydrogen-bond donors (Lipinski definition) is 0. The molecular formula is C27H36N4O4S. The largest absolute Gasteiger partial charge is 0.487 e. The Morgan fingerprint density at radius 2 is 1.81 bits per heavy atom. The van der Waals surface area contributed by atoms with Crippen LogP contribution in [0.4, 0.5) is 5.95 Å². The molecule has 2 aromatic heterocycles. The Morgan fingerprint density at radius 1 is 1.14 bits per heavy atom. The van der Waals surface area contributed by atoms with E-state index in [1.807, 2.05) is 6.07 Å². The van der Waals surface area contributed by atoms with Crippen LogP contribution in [0.25, 0.3) is 5.69 Å². The first kappa shape index (κ1) is 25.9. The van der Waals surface area contributed by atoms with Crippen LogP contribution in [0, 0.1) is 5.92 Å². The van der Waals surface area contributed by atoms with Crippen molar-refractivity contribution >= 4 is 15.8 Å². The smallest absolute Gasteiger partial charge is 0.258 e. The molecule has 4 atom stereocenters. The highest BCUT2D eigenvalue weighted by Crippen LogP contribution is 2.38. The Bertz CT molecular complexity index is 1370. The number of rotatable bonds is 8. The van der Waals surface area contributed by atoms with Crippen molar-refractivity contribution in [3.05, 3.63) is 71.4 Å². The maximum atomic E-state index is 12.9. The van der Waals surface area contributed by atoms with Crippen molar-refractivity contribution < 1.29 is 14.6 Å². The fraction of sp³-hybridized carbons (Fsp3) is 0.444. The van der Waals surface area contributed by atoms with Gasteiger partial charge >= 0.3 is 0 Å². The van der Waals surface area contributed by atoms with Crippen LogP contribution in [0.5, 0.6) is 5.75 Å². The zero-order valence-corrected chi connectivity index (χ0v) is 22.3. The number of anilines is 1. The molecule has 3 aromatic rings. The average Bonchev–Trinajstić information content (AvgIpc) is 3.11. The fourth-order valence-corrected chi connectivity index (χ4v) is 5.56. The van der Waals surface area contributed by atoms with Crippen LogP contribution in [-0.4, -0.2) is 46.9 Å². The van der Waals surface area contributed by atoms with Gasteiger partial charge in [-0.1, -0.05) is 13.8 Å². The van der Waals surface area contributed by atoms with Crippen molar-refractivity contribution in [1.29, 1.82) is 0 Å². The van der Waals surface area contributed by atoms with E-state index in [0.717, 1.165) is 31.5 Å². The average molecular weight is 513 g/mol. The lowest BCUT2D eigenvalue weighted by atomic mass is 9.91. The summed E-state index contributed by atoms with van der Waals surface area (Å²) >= 11 is 0. The van der Waals surface area contributed by atoms with Gasteiger partial charge in [-0.15, -0.1) is 0 Å². The van der Waals surface area contributed by atoms with E-state index in [9.17, 15) is 13.2 Å². The van der Waals surface area contributed by atoms with Crippen molar-refractivity contribution in [3.8, 4) is 11.4 Å². The van der Waals surface area contributed by atoms with E-state index in [1.165, 1.54) is 22.8 Å². The van der Waals surface area contributed by atoms with Crippen LogP contribution >= 0.6 is 0 Å². The van der Waals surface area contributed by atoms with Crippen LogP contribution < -0.4 is 15.2 Å². The Balaban J connectivity index is 0.00000380. The summed E-state index contributed by atoms with van der Waals surface area (Å²) in [5, 5.41) is 0. The molecule has 0 spiro atoms. The molecule has 1 aliphatic rings. The minimum absolute atomic E-state index is 0. The van der Waals surface area contributed by atoms with Gasteiger partial charge < -0.3 is 9.64 Å². The Kier molecular flexibility index (Phi) is 7.22. The van der Waals surface area contributed by atoms with E-state index in [4.69, 9.17) is 4.74 Å². The number of sulfone groups is 1. The highest BCUT2D eigenvalue weighted by Gasteiger charge is 2.41. The molecule has 0 radical (unpaired) electrons. The molecule has 0 amide bonds. The normalized spacial score (nSPS) is 21.8. The molecule has 36 heavy (non-hydrogen) atoms. The monoisotopic (exact) mass is 512 g/mol. The minimum atomic E-state index is -3.30. The zero-order valence-electron chi connectivity index (χ0n) is 21.5. The summed E-state index contributed by atoms with van der Waals surface area (Å²) in [6.07, 6.45) is 8.92. The third-order valence-electron chi connectivity index (χ3n) is 7.30. The summed E-state index contributed by atoms with van der Waals surface area (Å²) in [6.45, 7) is 8.65. The lowest BCUT2D eigenvalue weighted by molar-refractivity contribution is 0.0669. The lowest BCUT2D eigenvalue weighted by Crippen LogP contribution is -2.44. The number of benzene rings is 1. The Hall–Kier alpha value is -3.20. The first-order valence-corrected chi connectivity index (χ1v) is 14.2. The molecule has 4 rings (SSSR count). The molecule has 0 saturated carbocycles. The molecule has 3 heterocycles. The molecule has 194 valence electrons. The summed E-state index contributed by atoms with van der Waals surface area (Å²) in [4.78, 5) is 24.4. The first-order chi connectivity index (χ1) is 17.0. The second-order valence-corrected chi connectivity index (χ2v) is 12.0. The molecule has 1 fully saturated rings. The standard InChI is InChI=1S/C27H34N4O4S.H2/c1-6-27(4,18-22-16-19(2)20(3)31(22)26-28-13-7-14-29-26)35-23-12-15-30(25(32)17-23)21-8-10-24(11-9-21)36(5,33)34;/h7-15,17,19-20,22H,6,16,18H2,1-5H3;1H/t19-,20+,22-,27+;/m1./s1. The molecule has 1 aromatic carbocycles. The Labute approximate surface area is 214 Å². The molecule has 0 bridgehead atoms. The van der Waals surface area contributed by atoms with Gasteiger partial charge in [0.15, 0.2) is 9.84 Å². The second-order valence-electron chi connectivity index (χ2n) is 10.0. The maximum Gasteiger partial charge on any atom is 0.258 e. The molecule has 0 unspecified atom stereocenters. The van der Waals surface area contributed by atoms with Crippen LogP contribution in [0.3, 0.4) is 0 Å². The number of nitrogens with zero attached hydrogens (tertiary/aromatic N) is 4. The third kappa shape index (κ3) is 5.46. The summed E-state index contributed by atoms with van der Waals surface area (Å²) in [5.74, 6) is 1.75. The maximum absolute atomic E-state index is 12.9. The molecule has 1 saturated heterocycles. The van der Waals surface area contributed by atoms with E-state index in [2.05, 4.69) is 42.6 Å². The Morgan fingerprint density at radius 3 is 2.39 bits per heavy atom. The van der Waals surface area contributed by atoms with Gasteiger partial charge in [-0.3, -0.25) is 9.36 Å². The van der Waals surface area contributed by atoms with Crippen molar-refractivity contribution in [2.75, 3.05) is 11.2 Å². The van der Waals surface area contributed by atoms with Crippen LogP contribution in [-0.2, 0) is 9.84 Å². The van der Waals surface area contributed by atoms with E-state index in [-0.39, 0.29) is 17.9 Å². The van der Waals surface area contributed by atoms with Crippen LogP contribution in [0.15, 0.2) is 70.7 Å². The molecule has 0 aliphatic carbocycles. The fourth-order valence-electron chi connectivity index (χ4n) is 4.93. The van der Waals surface area contributed by atoms with Gasteiger partial charge in [-0.05, 0) is 69.0 Å². The van der Waals surface area contributed by atoms with Crippen LogP contribution in [0.1, 0.15) is 48.4 Å². The van der Waals surface area contributed by atoms with Gasteiger partial charge in [0.2, 0.25) is 5.95 Å². The van der Waals surface area contributed by atoms with E-state index in [0.29, 0.717) is 23.4 Å². The summed E-state index contributed by atoms with van der Waals surface area (Å²) < 4.78 is 31.4.